The summed E-state index contributed by atoms with van der Waals surface area (Å²) in [4.78, 5) is 20.4. The Morgan fingerprint density at radius 3 is 3.00 bits per heavy atom. The van der Waals surface area contributed by atoms with Crippen molar-refractivity contribution in [3.8, 4) is 0 Å². The number of amidine groups is 1. The number of aliphatic imine (C=N–C) groups is 2. The number of carbonyl (C=O) groups is 1. The van der Waals surface area contributed by atoms with Crippen molar-refractivity contribution in [2.45, 2.75) is 12.3 Å². The highest BCUT2D eigenvalue weighted by Gasteiger charge is 2.38. The van der Waals surface area contributed by atoms with E-state index >= 15 is 0 Å². The van der Waals surface area contributed by atoms with Crippen molar-refractivity contribution in [1.29, 1.82) is 0 Å². The van der Waals surface area contributed by atoms with Gasteiger partial charge in [0.15, 0.2) is 5.84 Å². The maximum atomic E-state index is 12.1. The second kappa shape index (κ2) is 4.40. The summed E-state index contributed by atoms with van der Waals surface area (Å²) in [5.41, 5.74) is 0.818. The fourth-order valence-corrected chi connectivity index (χ4v) is 2.97. The summed E-state index contributed by atoms with van der Waals surface area (Å²) in [6.45, 7) is 1.75. The Labute approximate surface area is 113 Å². The number of hydrogen-bond acceptors (Lipinski definition) is 4. The number of halogens is 1. The molecule has 0 bridgehead atoms. The molecule has 1 aromatic heterocycles. The minimum Gasteiger partial charge on any atom is -0.465 e. The molecule has 0 aliphatic carbocycles. The zero-order valence-corrected chi connectivity index (χ0v) is 11.0. The summed E-state index contributed by atoms with van der Waals surface area (Å²) < 4.78 is 5.33. The van der Waals surface area contributed by atoms with E-state index in [0.717, 1.165) is 10.6 Å². The van der Waals surface area contributed by atoms with Crippen LogP contribution in [0.25, 0.3) is 5.57 Å². The Bertz CT molecular complexity index is 587. The van der Waals surface area contributed by atoms with E-state index in [1.54, 1.807) is 19.3 Å². The van der Waals surface area contributed by atoms with Gasteiger partial charge in [-0.25, -0.2) is 4.99 Å². The van der Waals surface area contributed by atoms with E-state index in [1.807, 2.05) is 11.5 Å². The van der Waals surface area contributed by atoms with E-state index in [1.165, 1.54) is 11.8 Å². The highest BCUT2D eigenvalue weighted by atomic mass is 35.5. The third-order valence-electron chi connectivity index (χ3n) is 2.72. The smallest absolute Gasteiger partial charge is 0.261 e. The van der Waals surface area contributed by atoms with Gasteiger partial charge in [0.05, 0.1) is 16.7 Å². The van der Waals surface area contributed by atoms with Crippen LogP contribution in [0.4, 0.5) is 0 Å². The molecule has 4 nitrogen and oxygen atoms in total. The number of fused-ring (bicyclic) bond motifs is 1. The van der Waals surface area contributed by atoms with Crippen LogP contribution < -0.4 is 0 Å². The molecule has 0 spiro atoms. The number of furan rings is 1. The summed E-state index contributed by atoms with van der Waals surface area (Å²) in [5, 5.41) is 2.25. The normalized spacial score (nSPS) is 24.2. The van der Waals surface area contributed by atoms with Crippen LogP contribution in [0, 0.1) is 5.92 Å². The molecule has 18 heavy (non-hydrogen) atoms. The predicted octanol–water partition coefficient (Wildman–Crippen LogP) is 2.95. The molecule has 3 rings (SSSR count). The largest absolute Gasteiger partial charge is 0.465 e. The molecular formula is C12H9ClN2O2S. The summed E-state index contributed by atoms with van der Waals surface area (Å²) in [6.07, 6.45) is 1.58. The third-order valence-corrected chi connectivity index (χ3v) is 3.86. The molecule has 92 valence electrons. The maximum Gasteiger partial charge on any atom is 0.261 e. The monoisotopic (exact) mass is 280 g/mol. The topological polar surface area (TPSA) is 54.9 Å². The lowest BCUT2D eigenvalue weighted by Gasteiger charge is -2.16. The molecule has 2 atom stereocenters. The molecule has 2 unspecified atom stereocenters. The van der Waals surface area contributed by atoms with Gasteiger partial charge in [-0.15, -0.1) is 11.6 Å². The van der Waals surface area contributed by atoms with Crippen molar-refractivity contribution in [2.75, 3.05) is 0 Å². The number of thioether (sulfide) groups is 1. The second-order valence-electron chi connectivity index (χ2n) is 3.98. The fourth-order valence-electron chi connectivity index (χ4n) is 1.86. The zero-order chi connectivity index (χ0) is 12.7. The third kappa shape index (κ3) is 1.83. The first kappa shape index (κ1) is 11.7. The van der Waals surface area contributed by atoms with Crippen LogP contribution in [0.5, 0.6) is 0 Å². The van der Waals surface area contributed by atoms with E-state index in [9.17, 15) is 4.79 Å². The number of hydrogen-bond donors (Lipinski definition) is 0. The van der Waals surface area contributed by atoms with Crippen LogP contribution >= 0.6 is 23.4 Å². The van der Waals surface area contributed by atoms with Crippen molar-refractivity contribution in [2.24, 2.45) is 15.9 Å². The van der Waals surface area contributed by atoms with Crippen molar-refractivity contribution < 1.29 is 9.21 Å². The molecular weight excluding hydrogens is 272 g/mol. The minimum atomic E-state index is -0.430. The Morgan fingerprint density at radius 2 is 2.33 bits per heavy atom. The number of nitrogens with zero attached hydrogens (tertiary/aromatic N) is 2. The molecule has 1 aromatic rings. The lowest BCUT2D eigenvalue weighted by Crippen LogP contribution is -2.27. The van der Waals surface area contributed by atoms with E-state index in [4.69, 9.17) is 16.0 Å². The van der Waals surface area contributed by atoms with Crippen molar-refractivity contribution in [3.05, 3.63) is 29.6 Å². The number of rotatable bonds is 2. The molecule has 0 radical (unpaired) electrons. The van der Waals surface area contributed by atoms with Gasteiger partial charge in [0.2, 0.25) is 0 Å². The van der Waals surface area contributed by atoms with Crippen LogP contribution in [-0.2, 0) is 4.79 Å². The van der Waals surface area contributed by atoms with Crippen molar-refractivity contribution in [3.63, 3.8) is 0 Å². The van der Waals surface area contributed by atoms with Crippen LogP contribution in [0.2, 0.25) is 0 Å². The first-order valence-corrected chi connectivity index (χ1v) is 6.74. The molecule has 6 heteroatoms. The predicted molar refractivity (Wildman–Crippen MR) is 73.0 cm³/mol. The summed E-state index contributed by atoms with van der Waals surface area (Å²) in [7, 11) is 0. The molecule has 1 amide bonds. The van der Waals surface area contributed by atoms with Gasteiger partial charge in [-0.2, -0.15) is 4.99 Å². The molecule has 2 aliphatic heterocycles. The second-order valence-corrected chi connectivity index (χ2v) is 5.52. The van der Waals surface area contributed by atoms with Crippen molar-refractivity contribution >= 4 is 45.7 Å². The van der Waals surface area contributed by atoms with Gasteiger partial charge >= 0.3 is 0 Å². The molecule has 0 fully saturated rings. The highest BCUT2D eigenvalue weighted by molar-refractivity contribution is 8.17. The van der Waals surface area contributed by atoms with Gasteiger partial charge < -0.3 is 4.42 Å². The summed E-state index contributed by atoms with van der Waals surface area (Å²) in [6, 6.07) is 3.62. The molecule has 3 heterocycles. The average Bonchev–Trinajstić information content (AvgIpc) is 2.96. The van der Waals surface area contributed by atoms with Gasteiger partial charge in [-0.1, -0.05) is 11.8 Å². The van der Waals surface area contributed by atoms with Crippen LogP contribution in [0.3, 0.4) is 0 Å². The van der Waals surface area contributed by atoms with Crippen molar-refractivity contribution in [1.82, 2.24) is 0 Å². The van der Waals surface area contributed by atoms with E-state index in [0.29, 0.717) is 11.6 Å². The first-order chi connectivity index (χ1) is 8.66. The van der Waals surface area contributed by atoms with E-state index in [-0.39, 0.29) is 11.3 Å². The first-order valence-electron chi connectivity index (χ1n) is 5.42. The lowest BCUT2D eigenvalue weighted by atomic mass is 9.98. The standard InChI is InChI=1S/C12H9ClN2O2S/c1-6(13)10-14-11(16)9-7(5-18-12(9)15-10)8-3-2-4-17-8/h2-6,9H,1H3. The Morgan fingerprint density at radius 1 is 1.50 bits per heavy atom. The summed E-state index contributed by atoms with van der Waals surface area (Å²) in [5.74, 6) is 0.411. The number of carbonyl (C=O) groups excluding carboxylic acids is 1. The van der Waals surface area contributed by atoms with E-state index in [2.05, 4.69) is 9.98 Å². The molecule has 0 N–H and O–H groups in total. The van der Waals surface area contributed by atoms with E-state index < -0.39 is 5.92 Å². The SMILES string of the molecule is CC(Cl)C1=NC(=O)C2C(c3ccco3)=CSC2=N1. The Hall–Kier alpha value is -1.33. The zero-order valence-electron chi connectivity index (χ0n) is 9.46. The average molecular weight is 281 g/mol. The van der Waals surface area contributed by atoms with Crippen LogP contribution in [0.15, 0.2) is 38.2 Å². The highest BCUT2D eigenvalue weighted by Crippen LogP contribution is 2.40. The van der Waals surface area contributed by atoms with Crippen LogP contribution in [0.1, 0.15) is 12.7 Å². The Kier molecular flexibility index (Phi) is 2.87. The maximum absolute atomic E-state index is 12.1. The summed E-state index contributed by atoms with van der Waals surface area (Å²) >= 11 is 7.34. The fraction of sp³-hybridized carbons (Fsp3) is 0.250. The molecule has 0 saturated heterocycles. The molecule has 0 saturated carbocycles. The van der Waals surface area contributed by atoms with Crippen LogP contribution in [-0.4, -0.2) is 22.2 Å². The quantitative estimate of drug-likeness (QED) is 0.783. The van der Waals surface area contributed by atoms with Gasteiger partial charge in [0.1, 0.15) is 11.7 Å². The number of amides is 1. The molecule has 0 aromatic carbocycles. The van der Waals surface area contributed by atoms with Gasteiger partial charge in [-0.05, 0) is 24.5 Å². The number of alkyl halides is 1. The molecule has 2 aliphatic rings. The Balaban J connectivity index is 1.96. The lowest BCUT2D eigenvalue weighted by molar-refractivity contribution is -0.118. The van der Waals surface area contributed by atoms with Gasteiger partial charge in [0.25, 0.3) is 5.91 Å². The van der Waals surface area contributed by atoms with Gasteiger partial charge in [-0.3, -0.25) is 4.79 Å². The van der Waals surface area contributed by atoms with Gasteiger partial charge in [0, 0.05) is 5.57 Å². The minimum absolute atomic E-state index is 0.227.